The van der Waals surface area contributed by atoms with Gasteiger partial charge in [-0.3, -0.25) is 4.79 Å². The summed E-state index contributed by atoms with van der Waals surface area (Å²) in [7, 11) is 3.27. The predicted molar refractivity (Wildman–Crippen MR) is 61.0 cm³/mol. The molecule has 0 fully saturated rings. The standard InChI is InChI=1S/C10H16N4O2/c1-14(5-3-4-10(15)16-2)9-6-8(11)12-7-13-9/h6-7H,3-5H2,1-2H3,(H2,11,12,13). The largest absolute Gasteiger partial charge is 0.469 e. The number of esters is 1. The van der Waals surface area contributed by atoms with Crippen molar-refractivity contribution >= 4 is 17.6 Å². The van der Waals surface area contributed by atoms with E-state index >= 15 is 0 Å². The predicted octanol–water partition coefficient (Wildman–Crippen LogP) is 0.448. The third-order valence-corrected chi connectivity index (χ3v) is 2.17. The summed E-state index contributed by atoms with van der Waals surface area (Å²) < 4.78 is 4.55. The summed E-state index contributed by atoms with van der Waals surface area (Å²) in [6, 6.07) is 1.69. The molecule has 6 heteroatoms. The highest BCUT2D eigenvalue weighted by molar-refractivity contribution is 5.69. The molecule has 1 heterocycles. The lowest BCUT2D eigenvalue weighted by Gasteiger charge is -2.17. The summed E-state index contributed by atoms with van der Waals surface area (Å²) in [4.78, 5) is 20.7. The Morgan fingerprint density at radius 3 is 2.94 bits per heavy atom. The van der Waals surface area contributed by atoms with E-state index in [4.69, 9.17) is 5.73 Å². The molecule has 88 valence electrons. The number of nitrogen functional groups attached to an aromatic ring is 1. The lowest BCUT2D eigenvalue weighted by atomic mass is 10.3. The molecule has 16 heavy (non-hydrogen) atoms. The van der Waals surface area contributed by atoms with E-state index in [1.807, 2.05) is 11.9 Å². The quantitative estimate of drug-likeness (QED) is 0.731. The molecule has 1 aromatic heterocycles. The fraction of sp³-hybridized carbons (Fsp3) is 0.500. The lowest BCUT2D eigenvalue weighted by molar-refractivity contribution is -0.140. The number of rotatable bonds is 5. The molecule has 0 unspecified atom stereocenters. The summed E-state index contributed by atoms with van der Waals surface area (Å²) in [6.07, 6.45) is 2.54. The average molecular weight is 224 g/mol. The molecule has 1 aromatic rings. The number of methoxy groups -OCH3 is 1. The Bertz CT molecular complexity index is 356. The van der Waals surface area contributed by atoms with Crippen LogP contribution in [0.4, 0.5) is 11.6 Å². The molecule has 0 atom stereocenters. The minimum Gasteiger partial charge on any atom is -0.469 e. The van der Waals surface area contributed by atoms with Gasteiger partial charge in [0.05, 0.1) is 7.11 Å². The molecule has 0 saturated heterocycles. The molecule has 0 radical (unpaired) electrons. The Morgan fingerprint density at radius 1 is 1.56 bits per heavy atom. The third kappa shape index (κ3) is 3.72. The van der Waals surface area contributed by atoms with Crippen LogP contribution >= 0.6 is 0 Å². The molecule has 0 spiro atoms. The number of nitrogens with two attached hydrogens (primary N) is 1. The van der Waals surface area contributed by atoms with Crippen LogP contribution in [0.2, 0.25) is 0 Å². The first-order valence-electron chi connectivity index (χ1n) is 4.99. The summed E-state index contributed by atoms with van der Waals surface area (Å²) >= 11 is 0. The highest BCUT2D eigenvalue weighted by atomic mass is 16.5. The molecule has 0 bridgehead atoms. The van der Waals surface area contributed by atoms with Crippen LogP contribution in [0.5, 0.6) is 0 Å². The maximum Gasteiger partial charge on any atom is 0.305 e. The number of ether oxygens (including phenoxy) is 1. The van der Waals surface area contributed by atoms with Gasteiger partial charge in [-0.2, -0.15) is 0 Å². The van der Waals surface area contributed by atoms with Gasteiger partial charge in [-0.15, -0.1) is 0 Å². The Kier molecular flexibility index (Phi) is 4.50. The summed E-state index contributed by atoms with van der Waals surface area (Å²) in [6.45, 7) is 0.714. The second kappa shape index (κ2) is 5.89. The number of nitrogens with zero attached hydrogens (tertiary/aromatic N) is 3. The van der Waals surface area contributed by atoms with Crippen molar-refractivity contribution in [2.45, 2.75) is 12.8 Å². The second-order valence-electron chi connectivity index (χ2n) is 3.40. The molecule has 6 nitrogen and oxygen atoms in total. The second-order valence-corrected chi connectivity index (χ2v) is 3.40. The van der Waals surface area contributed by atoms with Crippen molar-refractivity contribution in [2.24, 2.45) is 0 Å². The average Bonchev–Trinajstić information content (AvgIpc) is 2.28. The first-order valence-corrected chi connectivity index (χ1v) is 4.99. The van der Waals surface area contributed by atoms with Crippen LogP contribution < -0.4 is 10.6 Å². The molecule has 2 N–H and O–H groups in total. The molecule has 0 saturated carbocycles. The molecule has 0 aliphatic carbocycles. The van der Waals surface area contributed by atoms with Gasteiger partial charge in [-0.05, 0) is 6.42 Å². The number of aromatic nitrogens is 2. The molecule has 0 aliphatic heterocycles. The van der Waals surface area contributed by atoms with E-state index in [2.05, 4.69) is 14.7 Å². The summed E-state index contributed by atoms with van der Waals surface area (Å²) in [5.41, 5.74) is 5.54. The zero-order valence-electron chi connectivity index (χ0n) is 9.51. The van der Waals surface area contributed by atoms with E-state index in [1.165, 1.54) is 13.4 Å². The normalized spacial score (nSPS) is 9.88. The van der Waals surface area contributed by atoms with Crippen LogP contribution in [0, 0.1) is 0 Å². The Morgan fingerprint density at radius 2 is 2.31 bits per heavy atom. The van der Waals surface area contributed by atoms with Gasteiger partial charge in [-0.1, -0.05) is 0 Å². The van der Waals surface area contributed by atoms with Crippen LogP contribution in [0.3, 0.4) is 0 Å². The molecule has 0 amide bonds. The molecule has 1 rings (SSSR count). The van der Waals surface area contributed by atoms with Crippen LogP contribution in [0.1, 0.15) is 12.8 Å². The number of anilines is 2. The van der Waals surface area contributed by atoms with E-state index in [0.29, 0.717) is 25.2 Å². The van der Waals surface area contributed by atoms with Gasteiger partial charge < -0.3 is 15.4 Å². The van der Waals surface area contributed by atoms with Gasteiger partial charge in [0.15, 0.2) is 0 Å². The van der Waals surface area contributed by atoms with Crippen LogP contribution in [-0.4, -0.2) is 36.6 Å². The van der Waals surface area contributed by atoms with Gasteiger partial charge in [0.1, 0.15) is 18.0 Å². The van der Waals surface area contributed by atoms with Crippen molar-refractivity contribution in [1.82, 2.24) is 9.97 Å². The molecule has 0 aliphatic rings. The first kappa shape index (κ1) is 12.2. The maximum atomic E-state index is 10.9. The number of carbonyl (C=O) groups is 1. The summed E-state index contributed by atoms with van der Waals surface area (Å²) in [5.74, 6) is 0.984. The van der Waals surface area contributed by atoms with E-state index in [9.17, 15) is 4.79 Å². The fourth-order valence-electron chi connectivity index (χ4n) is 1.25. The van der Waals surface area contributed by atoms with Gasteiger partial charge >= 0.3 is 5.97 Å². The van der Waals surface area contributed by atoms with Gasteiger partial charge in [-0.25, -0.2) is 9.97 Å². The number of hydrogen-bond acceptors (Lipinski definition) is 6. The highest BCUT2D eigenvalue weighted by Gasteiger charge is 2.05. The van der Waals surface area contributed by atoms with Crippen molar-refractivity contribution in [1.29, 1.82) is 0 Å². The van der Waals surface area contributed by atoms with Crippen molar-refractivity contribution in [3.05, 3.63) is 12.4 Å². The van der Waals surface area contributed by atoms with Crippen molar-refractivity contribution < 1.29 is 9.53 Å². The van der Waals surface area contributed by atoms with Crippen LogP contribution in [0.15, 0.2) is 12.4 Å². The van der Waals surface area contributed by atoms with Crippen LogP contribution in [0.25, 0.3) is 0 Å². The fourth-order valence-corrected chi connectivity index (χ4v) is 1.25. The summed E-state index contributed by atoms with van der Waals surface area (Å²) in [5, 5.41) is 0. The Hall–Kier alpha value is -1.85. The van der Waals surface area contributed by atoms with Gasteiger partial charge in [0, 0.05) is 26.1 Å². The monoisotopic (exact) mass is 224 g/mol. The minimum atomic E-state index is -0.199. The topological polar surface area (TPSA) is 81.3 Å². The van der Waals surface area contributed by atoms with Gasteiger partial charge in [0.25, 0.3) is 0 Å². The van der Waals surface area contributed by atoms with E-state index in [-0.39, 0.29) is 5.97 Å². The van der Waals surface area contributed by atoms with Crippen molar-refractivity contribution in [3.63, 3.8) is 0 Å². The lowest BCUT2D eigenvalue weighted by Crippen LogP contribution is -2.20. The Labute approximate surface area is 94.4 Å². The van der Waals surface area contributed by atoms with Gasteiger partial charge in [0.2, 0.25) is 0 Å². The highest BCUT2D eigenvalue weighted by Crippen LogP contribution is 2.10. The number of hydrogen-bond donors (Lipinski definition) is 1. The molecular formula is C10H16N4O2. The maximum absolute atomic E-state index is 10.9. The van der Waals surface area contributed by atoms with Crippen LogP contribution in [-0.2, 0) is 9.53 Å². The zero-order chi connectivity index (χ0) is 12.0. The molecular weight excluding hydrogens is 208 g/mol. The third-order valence-electron chi connectivity index (χ3n) is 2.17. The number of carbonyl (C=O) groups excluding carboxylic acids is 1. The van der Waals surface area contributed by atoms with E-state index < -0.39 is 0 Å². The van der Waals surface area contributed by atoms with E-state index in [1.54, 1.807) is 6.07 Å². The Balaban J connectivity index is 2.40. The van der Waals surface area contributed by atoms with E-state index in [0.717, 1.165) is 5.82 Å². The SMILES string of the molecule is COC(=O)CCCN(C)c1cc(N)ncn1. The first-order chi connectivity index (χ1) is 7.63. The molecule has 0 aromatic carbocycles. The zero-order valence-corrected chi connectivity index (χ0v) is 9.51. The minimum absolute atomic E-state index is 0.199. The van der Waals surface area contributed by atoms with Crippen molar-refractivity contribution in [2.75, 3.05) is 31.3 Å². The smallest absolute Gasteiger partial charge is 0.305 e. The van der Waals surface area contributed by atoms with Crippen molar-refractivity contribution in [3.8, 4) is 0 Å².